The number of benzene rings is 2. The Morgan fingerprint density at radius 1 is 1.15 bits per heavy atom. The summed E-state index contributed by atoms with van der Waals surface area (Å²) in [7, 11) is 0. The fourth-order valence-corrected chi connectivity index (χ4v) is 2.09. The zero-order valence-electron chi connectivity index (χ0n) is 14.4. The van der Waals surface area contributed by atoms with Crippen LogP contribution in [0.25, 0.3) is 0 Å². The third-order valence-corrected chi connectivity index (χ3v) is 3.49. The Labute approximate surface area is 154 Å². The molecule has 9 nitrogen and oxygen atoms in total. The Morgan fingerprint density at radius 2 is 1.78 bits per heavy atom. The van der Waals surface area contributed by atoms with E-state index in [1.54, 1.807) is 24.3 Å². The number of nitrogens with one attached hydrogen (secondary N) is 1. The van der Waals surface area contributed by atoms with E-state index in [-0.39, 0.29) is 18.0 Å². The lowest BCUT2D eigenvalue weighted by Gasteiger charge is -2.19. The van der Waals surface area contributed by atoms with Gasteiger partial charge >= 0.3 is 12.1 Å². The zero-order valence-corrected chi connectivity index (χ0v) is 14.4. The summed E-state index contributed by atoms with van der Waals surface area (Å²) in [5.41, 5.74) is 0.595. The van der Waals surface area contributed by atoms with Gasteiger partial charge in [-0.05, 0) is 24.6 Å². The number of ether oxygens (including phenoxy) is 2. The molecule has 0 radical (unpaired) electrons. The molecule has 0 spiro atoms. The highest BCUT2D eigenvalue weighted by atomic mass is 16.6. The average molecular weight is 374 g/mol. The van der Waals surface area contributed by atoms with E-state index in [1.165, 1.54) is 31.2 Å². The van der Waals surface area contributed by atoms with E-state index in [0.29, 0.717) is 0 Å². The van der Waals surface area contributed by atoms with Crippen LogP contribution in [-0.2, 0) is 16.1 Å². The van der Waals surface area contributed by atoms with Gasteiger partial charge in [-0.25, -0.2) is 9.59 Å². The number of hydrogen-bond acceptors (Lipinski definition) is 7. The molecule has 0 bridgehead atoms. The molecule has 0 saturated heterocycles. The molecular formula is C18H18N2O7. The smallest absolute Gasteiger partial charge is 0.413 e. The van der Waals surface area contributed by atoms with Crippen LogP contribution < -0.4 is 10.1 Å². The molecule has 0 aliphatic carbocycles. The van der Waals surface area contributed by atoms with Crippen LogP contribution in [-0.4, -0.2) is 34.2 Å². The summed E-state index contributed by atoms with van der Waals surface area (Å²) >= 11 is 0. The molecule has 27 heavy (non-hydrogen) atoms. The van der Waals surface area contributed by atoms with Crippen LogP contribution in [0.1, 0.15) is 12.5 Å². The molecule has 2 aromatic rings. The van der Waals surface area contributed by atoms with Crippen LogP contribution in [0.2, 0.25) is 0 Å². The average Bonchev–Trinajstić information content (AvgIpc) is 2.65. The number of amides is 1. The van der Waals surface area contributed by atoms with E-state index in [4.69, 9.17) is 9.47 Å². The van der Waals surface area contributed by atoms with Gasteiger partial charge < -0.3 is 19.9 Å². The van der Waals surface area contributed by atoms with Crippen LogP contribution in [0.15, 0.2) is 54.6 Å². The molecule has 0 heterocycles. The fraction of sp³-hybridized carbons (Fsp3) is 0.222. The van der Waals surface area contributed by atoms with Crippen molar-refractivity contribution in [2.24, 2.45) is 0 Å². The summed E-state index contributed by atoms with van der Waals surface area (Å²) in [5.74, 6) is -0.783. The molecule has 0 fully saturated rings. The SMILES string of the molecule is CC(O)[C@H](NC(=O)Oc1ccc([N+](=O)[O-])cc1)C(=O)OCc1ccccc1. The van der Waals surface area contributed by atoms with E-state index in [9.17, 15) is 24.8 Å². The Bertz CT molecular complexity index is 791. The number of hydrogen-bond donors (Lipinski definition) is 2. The minimum Gasteiger partial charge on any atom is -0.459 e. The van der Waals surface area contributed by atoms with E-state index in [2.05, 4.69) is 5.32 Å². The van der Waals surface area contributed by atoms with Crippen molar-refractivity contribution >= 4 is 17.7 Å². The maximum Gasteiger partial charge on any atom is 0.413 e. The lowest BCUT2D eigenvalue weighted by atomic mass is 10.2. The molecule has 2 aromatic carbocycles. The van der Waals surface area contributed by atoms with Gasteiger partial charge in [0.15, 0.2) is 6.04 Å². The van der Waals surface area contributed by atoms with Crippen LogP contribution in [0, 0.1) is 10.1 Å². The quantitative estimate of drug-likeness (QED) is 0.432. The topological polar surface area (TPSA) is 128 Å². The van der Waals surface area contributed by atoms with Gasteiger partial charge in [0, 0.05) is 12.1 Å². The van der Waals surface area contributed by atoms with Crippen LogP contribution in [0.3, 0.4) is 0 Å². The number of nitro groups is 1. The van der Waals surface area contributed by atoms with Crippen LogP contribution >= 0.6 is 0 Å². The fourth-order valence-electron chi connectivity index (χ4n) is 2.09. The van der Waals surface area contributed by atoms with E-state index in [1.807, 2.05) is 6.07 Å². The van der Waals surface area contributed by atoms with Gasteiger partial charge in [-0.1, -0.05) is 30.3 Å². The second kappa shape index (κ2) is 9.30. The lowest BCUT2D eigenvalue weighted by Crippen LogP contribution is -2.49. The molecular weight excluding hydrogens is 356 g/mol. The normalized spacial score (nSPS) is 12.5. The summed E-state index contributed by atoms with van der Waals surface area (Å²) in [6.45, 7) is 1.31. The van der Waals surface area contributed by atoms with Crippen molar-refractivity contribution in [1.82, 2.24) is 5.32 Å². The van der Waals surface area contributed by atoms with Crippen molar-refractivity contribution in [3.8, 4) is 5.75 Å². The summed E-state index contributed by atoms with van der Waals surface area (Å²) < 4.78 is 10.1. The molecule has 0 aliphatic heterocycles. The first-order chi connectivity index (χ1) is 12.9. The van der Waals surface area contributed by atoms with Gasteiger partial charge in [-0.2, -0.15) is 0 Å². The molecule has 2 rings (SSSR count). The summed E-state index contributed by atoms with van der Waals surface area (Å²) in [6.07, 6.45) is -2.23. The number of rotatable bonds is 7. The molecule has 142 valence electrons. The Balaban J connectivity index is 1.92. The van der Waals surface area contributed by atoms with Gasteiger partial charge in [0.05, 0.1) is 11.0 Å². The number of carbonyl (C=O) groups is 2. The molecule has 1 amide bonds. The van der Waals surface area contributed by atoms with Crippen molar-refractivity contribution in [1.29, 1.82) is 0 Å². The van der Waals surface area contributed by atoms with Crippen LogP contribution in [0.4, 0.5) is 10.5 Å². The molecule has 0 saturated carbocycles. The third-order valence-electron chi connectivity index (χ3n) is 3.49. The van der Waals surface area contributed by atoms with Gasteiger partial charge in [-0.3, -0.25) is 10.1 Å². The predicted molar refractivity (Wildman–Crippen MR) is 94.0 cm³/mol. The summed E-state index contributed by atoms with van der Waals surface area (Å²) in [4.78, 5) is 34.1. The summed E-state index contributed by atoms with van der Waals surface area (Å²) in [5, 5.41) is 22.6. The van der Waals surface area contributed by atoms with Gasteiger partial charge in [0.25, 0.3) is 5.69 Å². The van der Waals surface area contributed by atoms with Crippen molar-refractivity contribution in [2.75, 3.05) is 0 Å². The highest BCUT2D eigenvalue weighted by Gasteiger charge is 2.28. The van der Waals surface area contributed by atoms with Crippen LogP contribution in [0.5, 0.6) is 5.75 Å². The van der Waals surface area contributed by atoms with E-state index in [0.717, 1.165) is 5.56 Å². The number of aliphatic hydroxyl groups excluding tert-OH is 1. The number of non-ortho nitro benzene ring substituents is 1. The first-order valence-corrected chi connectivity index (χ1v) is 7.98. The van der Waals surface area contributed by atoms with Crippen molar-refractivity contribution < 1.29 is 29.1 Å². The van der Waals surface area contributed by atoms with Crippen molar-refractivity contribution in [3.05, 3.63) is 70.3 Å². The molecule has 2 N–H and O–H groups in total. The van der Waals surface area contributed by atoms with Gasteiger partial charge in [-0.15, -0.1) is 0 Å². The minimum atomic E-state index is -1.33. The molecule has 1 unspecified atom stereocenters. The molecule has 2 atom stereocenters. The second-order valence-corrected chi connectivity index (χ2v) is 5.60. The standard InChI is InChI=1S/C18H18N2O7/c1-12(21)16(17(22)26-11-13-5-3-2-4-6-13)19-18(23)27-15-9-7-14(8-10-15)20(24)25/h2-10,12,16,21H,11H2,1H3,(H,19,23)/t12?,16-/m0/s1. The molecule has 0 aliphatic rings. The van der Waals surface area contributed by atoms with Crippen molar-refractivity contribution in [2.45, 2.75) is 25.7 Å². The monoisotopic (exact) mass is 374 g/mol. The lowest BCUT2D eigenvalue weighted by molar-refractivity contribution is -0.384. The molecule has 0 aromatic heterocycles. The predicted octanol–water partition coefficient (Wildman–Crippen LogP) is 2.18. The zero-order chi connectivity index (χ0) is 19.8. The summed E-state index contributed by atoms with van der Waals surface area (Å²) in [6, 6.07) is 12.4. The van der Waals surface area contributed by atoms with E-state index >= 15 is 0 Å². The van der Waals surface area contributed by atoms with Crippen molar-refractivity contribution in [3.63, 3.8) is 0 Å². The van der Waals surface area contributed by atoms with Gasteiger partial charge in [0.2, 0.25) is 0 Å². The maximum absolute atomic E-state index is 12.1. The highest BCUT2D eigenvalue weighted by Crippen LogP contribution is 2.17. The second-order valence-electron chi connectivity index (χ2n) is 5.60. The number of nitro benzene ring substituents is 1. The Hall–Kier alpha value is -3.46. The number of carbonyl (C=O) groups excluding carboxylic acids is 2. The Morgan fingerprint density at radius 3 is 2.33 bits per heavy atom. The molecule has 9 heteroatoms. The number of aliphatic hydroxyl groups is 1. The third kappa shape index (κ3) is 6.08. The first-order valence-electron chi connectivity index (χ1n) is 7.98. The van der Waals surface area contributed by atoms with E-state index < -0.39 is 29.1 Å². The number of esters is 1. The minimum absolute atomic E-state index is 0.0119. The van der Waals surface area contributed by atoms with Gasteiger partial charge in [0.1, 0.15) is 12.4 Å². The first kappa shape index (κ1) is 19.9. The Kier molecular flexibility index (Phi) is 6.84. The maximum atomic E-state index is 12.1. The number of nitrogens with zero attached hydrogens (tertiary/aromatic N) is 1. The highest BCUT2D eigenvalue weighted by molar-refractivity contribution is 5.82. The largest absolute Gasteiger partial charge is 0.459 e.